The summed E-state index contributed by atoms with van der Waals surface area (Å²) in [5.41, 5.74) is 3.38. The lowest BCUT2D eigenvalue weighted by molar-refractivity contribution is 0.000664. The van der Waals surface area contributed by atoms with E-state index in [2.05, 4.69) is 91.9 Å². The highest BCUT2D eigenvalue weighted by atomic mass is 15.0. The first-order valence-electron chi connectivity index (χ1n) is 8.19. The Morgan fingerprint density at radius 2 is 1.43 bits per heavy atom. The van der Waals surface area contributed by atoms with Gasteiger partial charge in [-0.1, -0.05) is 66.7 Å². The number of hydrogen-bond acceptors (Lipinski definition) is 1. The van der Waals surface area contributed by atoms with Gasteiger partial charge >= 0.3 is 0 Å². The summed E-state index contributed by atoms with van der Waals surface area (Å²) in [5.74, 6) is 0.535. The molecule has 0 aliphatic carbocycles. The van der Waals surface area contributed by atoms with Crippen LogP contribution in [-0.4, -0.2) is 5.54 Å². The van der Waals surface area contributed by atoms with Crippen molar-refractivity contribution in [1.82, 2.24) is 0 Å². The van der Waals surface area contributed by atoms with Gasteiger partial charge in [-0.2, -0.15) is 0 Å². The zero-order valence-corrected chi connectivity index (χ0v) is 15.4. The first kappa shape index (κ1) is 16.4. The van der Waals surface area contributed by atoms with Crippen LogP contribution in [0.5, 0.6) is 0 Å². The minimum absolute atomic E-state index is 0.0641. The Morgan fingerprint density at radius 1 is 0.905 bits per heavy atom. The fraction of sp³-hybridized carbons (Fsp3) is 0.700. The summed E-state index contributed by atoms with van der Waals surface area (Å²) >= 11 is 0. The van der Waals surface area contributed by atoms with E-state index in [0.29, 0.717) is 5.92 Å². The van der Waals surface area contributed by atoms with Gasteiger partial charge in [0.15, 0.2) is 0 Å². The van der Waals surface area contributed by atoms with Crippen LogP contribution in [0, 0.1) is 16.7 Å². The Bertz CT molecular complexity index is 528. The van der Waals surface area contributed by atoms with Gasteiger partial charge in [0.25, 0.3) is 0 Å². The second kappa shape index (κ2) is 4.51. The smallest absolute Gasteiger partial charge is 0.0382 e. The van der Waals surface area contributed by atoms with Crippen molar-refractivity contribution in [3.8, 4) is 0 Å². The monoisotopic (exact) mass is 287 g/mol. The highest BCUT2D eigenvalue weighted by Crippen LogP contribution is 2.60. The van der Waals surface area contributed by atoms with Crippen LogP contribution in [0.1, 0.15) is 67.9 Å². The quantitative estimate of drug-likeness (QED) is 0.630. The van der Waals surface area contributed by atoms with Gasteiger partial charge in [-0.3, -0.25) is 0 Å². The lowest BCUT2D eigenvalue weighted by Gasteiger charge is -2.62. The standard InChI is InChI=1S/C20H33N/c1-17(2,3)16-19(7,8)21-15-13-11-10-12-14(15)20(16,9)18(4,5)6/h10-13,16,21H,1-9H3. The normalized spacial score (nSPS) is 28.7. The molecule has 2 rings (SSSR count). The summed E-state index contributed by atoms with van der Waals surface area (Å²) in [4.78, 5) is 0. The summed E-state index contributed by atoms with van der Waals surface area (Å²) in [7, 11) is 0. The predicted molar refractivity (Wildman–Crippen MR) is 93.9 cm³/mol. The number of benzene rings is 1. The maximum atomic E-state index is 3.82. The number of fused-ring (bicyclic) bond motifs is 1. The Morgan fingerprint density at radius 3 is 1.90 bits per heavy atom. The SMILES string of the molecule is CC(C)(C)C1C(C)(C)Nc2ccccc2C1(C)C(C)(C)C. The Balaban J connectivity index is 2.81. The van der Waals surface area contributed by atoms with Crippen molar-refractivity contribution >= 4 is 5.69 Å². The molecule has 0 aromatic heterocycles. The summed E-state index contributed by atoms with van der Waals surface area (Å²) < 4.78 is 0. The van der Waals surface area contributed by atoms with E-state index < -0.39 is 0 Å². The van der Waals surface area contributed by atoms with Gasteiger partial charge in [0, 0.05) is 16.6 Å². The molecule has 2 unspecified atom stereocenters. The summed E-state index contributed by atoms with van der Waals surface area (Å²) in [6.45, 7) is 21.5. The third-order valence-electron chi connectivity index (χ3n) is 5.67. The van der Waals surface area contributed by atoms with Gasteiger partial charge in [-0.05, 0) is 42.2 Å². The molecule has 1 aliphatic rings. The van der Waals surface area contributed by atoms with E-state index in [0.717, 1.165) is 0 Å². The van der Waals surface area contributed by atoms with Crippen LogP contribution in [0.3, 0.4) is 0 Å². The average Bonchev–Trinajstić information content (AvgIpc) is 2.23. The first-order chi connectivity index (χ1) is 9.32. The fourth-order valence-corrected chi connectivity index (χ4v) is 5.13. The topological polar surface area (TPSA) is 12.0 Å². The highest BCUT2D eigenvalue weighted by molar-refractivity contribution is 5.60. The molecule has 0 spiro atoms. The number of nitrogens with one attached hydrogen (secondary N) is 1. The van der Waals surface area contributed by atoms with E-state index in [4.69, 9.17) is 0 Å². The molecule has 1 aliphatic heterocycles. The predicted octanol–water partition coefficient (Wildman–Crippen LogP) is 5.86. The Kier molecular flexibility index (Phi) is 3.52. The Labute approximate surface area is 131 Å². The average molecular weight is 287 g/mol. The van der Waals surface area contributed by atoms with E-state index in [-0.39, 0.29) is 21.8 Å². The van der Waals surface area contributed by atoms with Gasteiger partial charge in [-0.15, -0.1) is 0 Å². The number of hydrogen-bond donors (Lipinski definition) is 1. The second-order valence-electron chi connectivity index (χ2n) is 9.64. The molecular formula is C20H33N. The van der Waals surface area contributed by atoms with Gasteiger partial charge in [0.1, 0.15) is 0 Å². The lowest BCUT2D eigenvalue weighted by atomic mass is 9.46. The van der Waals surface area contributed by atoms with Crippen molar-refractivity contribution < 1.29 is 0 Å². The van der Waals surface area contributed by atoms with Gasteiger partial charge < -0.3 is 5.32 Å². The molecule has 1 aromatic carbocycles. The number of rotatable bonds is 0. The van der Waals surface area contributed by atoms with Gasteiger partial charge in [-0.25, -0.2) is 0 Å². The summed E-state index contributed by atoms with van der Waals surface area (Å²) in [6, 6.07) is 8.88. The van der Waals surface area contributed by atoms with Crippen LogP contribution in [0.25, 0.3) is 0 Å². The van der Waals surface area contributed by atoms with Crippen molar-refractivity contribution in [2.24, 2.45) is 16.7 Å². The van der Waals surface area contributed by atoms with Crippen LogP contribution in [0.2, 0.25) is 0 Å². The molecule has 118 valence electrons. The van der Waals surface area contributed by atoms with Crippen LogP contribution in [0.15, 0.2) is 24.3 Å². The van der Waals surface area contributed by atoms with E-state index in [1.807, 2.05) is 0 Å². The molecule has 0 fully saturated rings. The van der Waals surface area contributed by atoms with E-state index in [9.17, 15) is 0 Å². The molecule has 21 heavy (non-hydrogen) atoms. The molecule has 1 nitrogen and oxygen atoms in total. The largest absolute Gasteiger partial charge is 0.380 e. The number of anilines is 1. The second-order valence-corrected chi connectivity index (χ2v) is 9.64. The molecule has 0 bridgehead atoms. The molecule has 1 N–H and O–H groups in total. The zero-order chi connectivity index (χ0) is 16.3. The fourth-order valence-electron chi connectivity index (χ4n) is 5.13. The Hall–Kier alpha value is -0.980. The molecule has 1 heterocycles. The van der Waals surface area contributed by atoms with E-state index >= 15 is 0 Å². The molecule has 1 heteroatoms. The van der Waals surface area contributed by atoms with Crippen LogP contribution >= 0.6 is 0 Å². The molecule has 0 amide bonds. The van der Waals surface area contributed by atoms with Crippen molar-refractivity contribution in [1.29, 1.82) is 0 Å². The highest BCUT2D eigenvalue weighted by Gasteiger charge is 2.58. The van der Waals surface area contributed by atoms with Crippen molar-refractivity contribution in [2.75, 3.05) is 5.32 Å². The van der Waals surface area contributed by atoms with Gasteiger partial charge in [0.05, 0.1) is 0 Å². The van der Waals surface area contributed by atoms with Crippen LogP contribution in [0.4, 0.5) is 5.69 Å². The zero-order valence-electron chi connectivity index (χ0n) is 15.4. The third kappa shape index (κ3) is 2.39. The maximum Gasteiger partial charge on any atom is 0.0382 e. The maximum absolute atomic E-state index is 3.82. The molecule has 0 radical (unpaired) electrons. The van der Waals surface area contributed by atoms with Crippen LogP contribution in [-0.2, 0) is 5.41 Å². The first-order valence-corrected chi connectivity index (χ1v) is 8.19. The third-order valence-corrected chi connectivity index (χ3v) is 5.67. The van der Waals surface area contributed by atoms with Crippen molar-refractivity contribution in [2.45, 2.75) is 73.3 Å². The minimum atomic E-state index is 0.0641. The van der Waals surface area contributed by atoms with E-state index in [1.165, 1.54) is 11.3 Å². The number of para-hydroxylation sites is 1. The molecule has 1 aromatic rings. The van der Waals surface area contributed by atoms with Crippen molar-refractivity contribution in [3.05, 3.63) is 29.8 Å². The molecule has 0 saturated heterocycles. The van der Waals surface area contributed by atoms with Crippen molar-refractivity contribution in [3.63, 3.8) is 0 Å². The van der Waals surface area contributed by atoms with Crippen LogP contribution < -0.4 is 5.32 Å². The molecular weight excluding hydrogens is 254 g/mol. The minimum Gasteiger partial charge on any atom is -0.380 e. The lowest BCUT2D eigenvalue weighted by Crippen LogP contribution is -2.62. The molecule has 2 atom stereocenters. The molecule has 0 saturated carbocycles. The van der Waals surface area contributed by atoms with Gasteiger partial charge in [0.2, 0.25) is 0 Å². The summed E-state index contributed by atoms with van der Waals surface area (Å²) in [6.07, 6.45) is 0. The summed E-state index contributed by atoms with van der Waals surface area (Å²) in [5, 5.41) is 3.82. The van der Waals surface area contributed by atoms with E-state index in [1.54, 1.807) is 0 Å².